The Bertz CT molecular complexity index is 1130. The Balaban J connectivity index is 1.52. The van der Waals surface area contributed by atoms with E-state index >= 15 is 0 Å². The molecule has 3 N–H and O–H groups in total. The van der Waals surface area contributed by atoms with Gasteiger partial charge in [-0.05, 0) is 61.2 Å². The quantitative estimate of drug-likeness (QED) is 0.372. The predicted molar refractivity (Wildman–Crippen MR) is 130 cm³/mol. The summed E-state index contributed by atoms with van der Waals surface area (Å²) in [4.78, 5) is 14.9. The minimum absolute atomic E-state index is 0.0694. The molecule has 1 aliphatic rings. The predicted octanol–water partition coefficient (Wildman–Crippen LogP) is 5.79. The highest BCUT2D eigenvalue weighted by molar-refractivity contribution is 6.37. The molecule has 1 aliphatic carbocycles. The maximum Gasteiger partial charge on any atom is 0.267 e. The van der Waals surface area contributed by atoms with Crippen molar-refractivity contribution in [3.63, 3.8) is 0 Å². The van der Waals surface area contributed by atoms with Crippen LogP contribution in [-0.4, -0.2) is 49.6 Å². The lowest BCUT2D eigenvalue weighted by atomic mass is 9.84. The molecule has 1 amide bonds. The van der Waals surface area contributed by atoms with Gasteiger partial charge in [0.1, 0.15) is 11.5 Å². The molecule has 1 heterocycles. The Morgan fingerprint density at radius 3 is 2.56 bits per heavy atom. The van der Waals surface area contributed by atoms with Crippen LogP contribution in [0.25, 0.3) is 0 Å². The number of carbonyl (C=O) groups is 1. The number of aromatic nitrogens is 4. The van der Waals surface area contributed by atoms with Crippen LogP contribution < -0.4 is 10.1 Å². The molecule has 1 fully saturated rings. The van der Waals surface area contributed by atoms with Crippen molar-refractivity contribution in [2.24, 2.45) is 5.92 Å². The van der Waals surface area contributed by atoms with Crippen molar-refractivity contribution in [2.75, 3.05) is 12.4 Å². The second kappa shape index (κ2) is 10.5. The molecule has 34 heavy (non-hydrogen) atoms. The highest BCUT2D eigenvalue weighted by Crippen LogP contribution is 2.40. The Hall–Kier alpha value is -3.04. The van der Waals surface area contributed by atoms with Crippen LogP contribution in [-0.2, 0) is 0 Å². The number of hydrogen-bond acceptors (Lipinski definition) is 7. The summed E-state index contributed by atoms with van der Waals surface area (Å²) in [6.07, 6.45) is 5.86. The number of nitrogens with zero attached hydrogens (tertiary/aromatic N) is 4. The zero-order valence-corrected chi connectivity index (χ0v) is 20.4. The smallest absolute Gasteiger partial charge is 0.267 e. The van der Waals surface area contributed by atoms with Gasteiger partial charge in [0.25, 0.3) is 11.9 Å². The standard InChI is InChI=1S/C23H26Cl2N6O3/c1-13(14-6-4-3-5-7-14)31(2)22(33)17-12-16(8-9-20(17)32)34-21-18(24)10-15(11-19(21)25)26-23-27-29-30-28-23/h8-14,32H,3-7H2,1-2H3,(H2,26,27,28,29,30)/t13-/m0/s1. The highest BCUT2D eigenvalue weighted by atomic mass is 35.5. The topological polar surface area (TPSA) is 116 Å². The third-order valence-corrected chi connectivity index (χ3v) is 6.84. The number of nitrogens with one attached hydrogen (secondary N) is 2. The van der Waals surface area contributed by atoms with Crippen LogP contribution in [0.15, 0.2) is 30.3 Å². The zero-order valence-electron chi connectivity index (χ0n) is 18.9. The third kappa shape index (κ3) is 5.37. The van der Waals surface area contributed by atoms with Gasteiger partial charge in [0.2, 0.25) is 0 Å². The number of ether oxygens (including phenoxy) is 1. The van der Waals surface area contributed by atoms with E-state index < -0.39 is 0 Å². The highest BCUT2D eigenvalue weighted by Gasteiger charge is 2.28. The fourth-order valence-electron chi connectivity index (χ4n) is 4.25. The number of rotatable bonds is 7. The summed E-state index contributed by atoms with van der Waals surface area (Å²) in [7, 11) is 1.78. The van der Waals surface area contributed by atoms with Crippen molar-refractivity contribution >= 4 is 40.7 Å². The van der Waals surface area contributed by atoms with Gasteiger partial charge in [0.05, 0.1) is 15.6 Å². The van der Waals surface area contributed by atoms with Crippen molar-refractivity contribution in [3.8, 4) is 17.2 Å². The van der Waals surface area contributed by atoms with Gasteiger partial charge in [0.15, 0.2) is 5.75 Å². The number of aromatic hydroxyl groups is 1. The maximum atomic E-state index is 13.2. The number of tetrazole rings is 1. The van der Waals surface area contributed by atoms with Crippen LogP contribution in [0.2, 0.25) is 10.0 Å². The van der Waals surface area contributed by atoms with Gasteiger partial charge in [-0.1, -0.05) is 47.6 Å². The molecule has 0 aliphatic heterocycles. The normalized spacial score (nSPS) is 15.1. The number of phenols is 1. The molecule has 4 rings (SSSR count). The summed E-state index contributed by atoms with van der Waals surface area (Å²) in [5.74, 6) is 0.878. The molecule has 0 unspecified atom stereocenters. The summed E-state index contributed by atoms with van der Waals surface area (Å²) in [6, 6.07) is 7.75. The minimum atomic E-state index is -0.266. The maximum absolute atomic E-state index is 13.2. The van der Waals surface area contributed by atoms with Gasteiger partial charge < -0.3 is 20.1 Å². The zero-order chi connectivity index (χ0) is 24.2. The minimum Gasteiger partial charge on any atom is -0.507 e. The summed E-state index contributed by atoms with van der Waals surface area (Å²) < 4.78 is 5.91. The molecular weight excluding hydrogens is 479 g/mol. The second-order valence-electron chi connectivity index (χ2n) is 8.47. The van der Waals surface area contributed by atoms with Gasteiger partial charge in [-0.2, -0.15) is 5.21 Å². The second-order valence-corrected chi connectivity index (χ2v) is 9.28. The molecule has 0 radical (unpaired) electrons. The van der Waals surface area contributed by atoms with E-state index in [4.69, 9.17) is 27.9 Å². The monoisotopic (exact) mass is 504 g/mol. The van der Waals surface area contributed by atoms with Crippen molar-refractivity contribution in [3.05, 3.63) is 45.9 Å². The fourth-order valence-corrected chi connectivity index (χ4v) is 4.81. The van der Waals surface area contributed by atoms with Crippen LogP contribution >= 0.6 is 23.2 Å². The summed E-state index contributed by atoms with van der Waals surface area (Å²) in [5, 5.41) is 27.2. The van der Waals surface area contributed by atoms with Crippen molar-refractivity contribution in [1.82, 2.24) is 25.5 Å². The Labute approximate surface area is 207 Å². The number of anilines is 2. The number of carbonyl (C=O) groups excluding carboxylic acids is 1. The molecule has 1 aromatic heterocycles. The third-order valence-electron chi connectivity index (χ3n) is 6.28. The fraction of sp³-hybridized carbons (Fsp3) is 0.391. The average molecular weight is 505 g/mol. The largest absolute Gasteiger partial charge is 0.507 e. The Morgan fingerprint density at radius 1 is 1.21 bits per heavy atom. The van der Waals surface area contributed by atoms with E-state index in [9.17, 15) is 9.90 Å². The van der Waals surface area contributed by atoms with E-state index in [-0.39, 0.29) is 45.0 Å². The molecule has 9 nitrogen and oxygen atoms in total. The van der Waals surface area contributed by atoms with Gasteiger partial charge in [-0.3, -0.25) is 4.79 Å². The van der Waals surface area contributed by atoms with E-state index in [0.717, 1.165) is 12.8 Å². The van der Waals surface area contributed by atoms with Crippen LogP contribution in [0, 0.1) is 5.92 Å². The molecule has 0 saturated heterocycles. The van der Waals surface area contributed by atoms with Gasteiger partial charge in [-0.25, -0.2) is 0 Å². The molecule has 1 saturated carbocycles. The first-order valence-corrected chi connectivity index (χ1v) is 11.9. The molecule has 11 heteroatoms. The van der Waals surface area contributed by atoms with Crippen LogP contribution in [0.3, 0.4) is 0 Å². The lowest BCUT2D eigenvalue weighted by molar-refractivity contribution is 0.0662. The molecule has 180 valence electrons. The number of hydrogen-bond donors (Lipinski definition) is 3. The summed E-state index contributed by atoms with van der Waals surface area (Å²) >= 11 is 12.8. The van der Waals surface area contributed by atoms with Gasteiger partial charge in [-0.15, -0.1) is 5.10 Å². The Kier molecular flexibility index (Phi) is 7.43. The molecule has 2 aromatic carbocycles. The van der Waals surface area contributed by atoms with E-state index in [1.54, 1.807) is 30.1 Å². The van der Waals surface area contributed by atoms with E-state index in [2.05, 4.69) is 32.9 Å². The van der Waals surface area contributed by atoms with Crippen LogP contribution in [0.5, 0.6) is 17.2 Å². The van der Waals surface area contributed by atoms with E-state index in [1.807, 2.05) is 0 Å². The number of amides is 1. The first-order valence-electron chi connectivity index (χ1n) is 11.1. The first kappa shape index (κ1) is 24.1. The lowest BCUT2D eigenvalue weighted by Crippen LogP contribution is -2.40. The molecule has 3 aromatic rings. The first-order chi connectivity index (χ1) is 16.3. The SMILES string of the molecule is C[C@@H](C1CCCCC1)N(C)C(=O)c1cc(Oc2c(Cl)cc(Nc3nn[nH]n3)cc2Cl)ccc1O. The van der Waals surface area contributed by atoms with E-state index in [0.29, 0.717) is 17.4 Å². The van der Waals surface area contributed by atoms with Gasteiger partial charge in [0, 0.05) is 18.8 Å². The lowest BCUT2D eigenvalue weighted by Gasteiger charge is -2.34. The number of halogens is 2. The average Bonchev–Trinajstić information content (AvgIpc) is 3.34. The molecular formula is C23H26Cl2N6O3. The number of benzene rings is 2. The van der Waals surface area contributed by atoms with E-state index in [1.165, 1.54) is 31.4 Å². The summed E-state index contributed by atoms with van der Waals surface area (Å²) in [5.41, 5.74) is 0.703. The molecule has 0 spiro atoms. The van der Waals surface area contributed by atoms with Crippen molar-refractivity contribution < 1.29 is 14.6 Å². The van der Waals surface area contributed by atoms with Gasteiger partial charge >= 0.3 is 0 Å². The summed E-state index contributed by atoms with van der Waals surface area (Å²) in [6.45, 7) is 2.06. The van der Waals surface area contributed by atoms with Crippen LogP contribution in [0.1, 0.15) is 49.4 Å². The molecule has 0 bridgehead atoms. The van der Waals surface area contributed by atoms with Crippen molar-refractivity contribution in [2.45, 2.75) is 45.1 Å². The van der Waals surface area contributed by atoms with Crippen LogP contribution in [0.4, 0.5) is 11.6 Å². The molecule has 1 atom stereocenters. The Morgan fingerprint density at radius 2 is 1.91 bits per heavy atom. The number of H-pyrrole nitrogens is 1. The number of phenolic OH excluding ortho intramolecular Hbond substituents is 1. The van der Waals surface area contributed by atoms with Crippen molar-refractivity contribution in [1.29, 1.82) is 0 Å². The number of aromatic amines is 1.